The number of amidine groups is 1. The third kappa shape index (κ3) is 14.6. The molecule has 2 N–H and O–H groups in total. The fraction of sp³-hybridized carbons (Fsp3) is 0.469. The molecule has 0 radical (unpaired) electrons. The monoisotopic (exact) mass is 676 g/mol. The van der Waals surface area contributed by atoms with E-state index in [9.17, 15) is 27.6 Å². The number of carbonyl (C=O) groups excluding carboxylic acids is 4. The van der Waals surface area contributed by atoms with E-state index in [4.69, 9.17) is 18.9 Å². The third-order valence-corrected chi connectivity index (χ3v) is 6.62. The summed E-state index contributed by atoms with van der Waals surface area (Å²) >= 11 is 0. The highest BCUT2D eigenvalue weighted by Crippen LogP contribution is 2.20. The summed E-state index contributed by atoms with van der Waals surface area (Å²) in [6.07, 6.45) is -1.80. The summed E-state index contributed by atoms with van der Waals surface area (Å²) in [7, 11) is -4.55. The molecule has 2 amide bonds. The van der Waals surface area contributed by atoms with Gasteiger partial charge in [0.25, 0.3) is 0 Å². The van der Waals surface area contributed by atoms with Gasteiger partial charge in [0.15, 0.2) is 0 Å². The van der Waals surface area contributed by atoms with Crippen molar-refractivity contribution >= 4 is 45.9 Å². The molecule has 0 aliphatic rings. The van der Waals surface area contributed by atoms with Gasteiger partial charge in [-0.1, -0.05) is 12.1 Å². The summed E-state index contributed by atoms with van der Waals surface area (Å²) in [5, 5.41) is 2.53. The van der Waals surface area contributed by atoms with Crippen LogP contribution in [0.2, 0.25) is 0 Å². The molecule has 14 nitrogen and oxygen atoms in total. The Morgan fingerprint density at radius 3 is 1.81 bits per heavy atom. The van der Waals surface area contributed by atoms with E-state index in [1.807, 2.05) is 0 Å². The Balaban J connectivity index is 2.11. The first-order valence-electron chi connectivity index (χ1n) is 14.6. The molecule has 2 rings (SSSR count). The number of esters is 2. The van der Waals surface area contributed by atoms with Gasteiger partial charge >= 0.3 is 34.3 Å². The van der Waals surface area contributed by atoms with Gasteiger partial charge in [-0.05, 0) is 111 Å². The predicted molar refractivity (Wildman–Crippen MR) is 175 cm³/mol. The van der Waals surface area contributed by atoms with E-state index < -0.39 is 64.2 Å². The number of ether oxygens (including phenoxy) is 4. The first-order valence-corrected chi connectivity index (χ1v) is 16.1. The van der Waals surface area contributed by atoms with E-state index in [1.165, 1.54) is 36.4 Å². The topological polar surface area (TPSA) is 179 Å². The maximum Gasteiger partial charge on any atom is 0.425 e. The predicted octanol–water partition coefficient (Wildman–Crippen LogP) is 5.39. The second-order valence-corrected chi connectivity index (χ2v) is 15.0. The lowest BCUT2D eigenvalue weighted by atomic mass is 10.2. The van der Waals surface area contributed by atoms with Crippen molar-refractivity contribution in [2.45, 2.75) is 92.6 Å². The van der Waals surface area contributed by atoms with Gasteiger partial charge in [-0.3, -0.25) is 10.1 Å². The van der Waals surface area contributed by atoms with Gasteiger partial charge in [-0.25, -0.2) is 19.4 Å². The molecule has 0 atom stereocenters. The Hall–Kier alpha value is -4.50. The van der Waals surface area contributed by atoms with E-state index in [0.717, 1.165) is 0 Å². The Labute approximate surface area is 276 Å². The largest absolute Gasteiger partial charge is 0.459 e. The van der Waals surface area contributed by atoms with Crippen LogP contribution in [0.25, 0.3) is 0 Å². The molecule has 0 aromatic heterocycles. The number of carbonyl (C=O) groups is 4. The molecule has 2 aromatic rings. The van der Waals surface area contributed by atoms with Crippen molar-refractivity contribution in [3.63, 3.8) is 0 Å². The molecule has 0 unspecified atom stereocenters. The van der Waals surface area contributed by atoms with Crippen molar-refractivity contribution in [1.82, 2.24) is 14.3 Å². The number of rotatable bonds is 9. The number of hydrogen-bond acceptors (Lipinski definition) is 11. The SMILES string of the molecule is CC(=Nc1ccc(C(=O)Oc2ccc(CN(C(=O)OC(C)(C)C)S(=O)(=O)NCC(=O)OC(C)(C)C)cc2)cc1)NC(=O)OC(C)(C)C. The third-order valence-electron chi connectivity index (χ3n) is 5.25. The fourth-order valence-electron chi connectivity index (χ4n) is 3.51. The molecular formula is C32H44N4O10S. The maximum atomic E-state index is 13.1. The summed E-state index contributed by atoms with van der Waals surface area (Å²) < 4.78 is 49.7. The number of benzene rings is 2. The smallest absolute Gasteiger partial charge is 0.425 e. The highest BCUT2D eigenvalue weighted by atomic mass is 32.2. The number of amides is 2. The average Bonchev–Trinajstić information content (AvgIpc) is 2.88. The van der Waals surface area contributed by atoms with Crippen LogP contribution in [-0.4, -0.2) is 66.0 Å². The van der Waals surface area contributed by atoms with Gasteiger partial charge in [0.05, 0.1) is 17.8 Å². The quantitative estimate of drug-likeness (QED) is 0.115. The minimum absolute atomic E-state index is 0.160. The molecule has 0 fully saturated rings. The fourth-order valence-corrected chi connectivity index (χ4v) is 4.51. The van der Waals surface area contributed by atoms with E-state index in [1.54, 1.807) is 81.4 Å². The zero-order chi connectivity index (χ0) is 35.8. The minimum atomic E-state index is -4.55. The summed E-state index contributed by atoms with van der Waals surface area (Å²) in [4.78, 5) is 53.9. The van der Waals surface area contributed by atoms with Crippen LogP contribution in [0.4, 0.5) is 15.3 Å². The summed E-state index contributed by atoms with van der Waals surface area (Å²) in [6, 6.07) is 12.0. The molecule has 0 spiro atoms. The second kappa shape index (κ2) is 15.4. The first-order chi connectivity index (χ1) is 21.4. The lowest BCUT2D eigenvalue weighted by Crippen LogP contribution is -2.47. The van der Waals surface area contributed by atoms with Crippen LogP contribution in [0.1, 0.15) is 85.2 Å². The Morgan fingerprint density at radius 2 is 1.30 bits per heavy atom. The van der Waals surface area contributed by atoms with Gasteiger partial charge in [0.1, 0.15) is 34.9 Å². The summed E-state index contributed by atoms with van der Waals surface area (Å²) in [6.45, 7) is 15.3. The van der Waals surface area contributed by atoms with Crippen LogP contribution in [0.5, 0.6) is 5.75 Å². The van der Waals surface area contributed by atoms with Crippen molar-refractivity contribution in [3.05, 3.63) is 59.7 Å². The molecule has 0 saturated heterocycles. The second-order valence-electron chi connectivity index (χ2n) is 13.3. The van der Waals surface area contributed by atoms with E-state index in [0.29, 0.717) is 21.4 Å². The number of hydrogen-bond donors (Lipinski definition) is 2. The van der Waals surface area contributed by atoms with Crippen molar-refractivity contribution in [3.8, 4) is 5.75 Å². The molecule has 47 heavy (non-hydrogen) atoms. The molecule has 258 valence electrons. The molecule has 0 bridgehead atoms. The number of alkyl carbamates (subject to hydrolysis) is 1. The van der Waals surface area contributed by atoms with Crippen molar-refractivity contribution in [2.24, 2.45) is 4.99 Å². The van der Waals surface area contributed by atoms with Crippen molar-refractivity contribution in [1.29, 1.82) is 0 Å². The van der Waals surface area contributed by atoms with Crippen LogP contribution in [0.15, 0.2) is 53.5 Å². The number of nitrogens with one attached hydrogen (secondary N) is 2. The highest BCUT2D eigenvalue weighted by Gasteiger charge is 2.33. The molecular weight excluding hydrogens is 632 g/mol. The number of aliphatic imine (C=N–C) groups is 1. The maximum absolute atomic E-state index is 13.1. The number of nitrogens with zero attached hydrogens (tertiary/aromatic N) is 2. The van der Waals surface area contributed by atoms with Crippen LogP contribution >= 0.6 is 0 Å². The summed E-state index contributed by atoms with van der Waals surface area (Å²) in [5.41, 5.74) is -1.44. The van der Waals surface area contributed by atoms with Gasteiger partial charge < -0.3 is 18.9 Å². The molecule has 0 aliphatic carbocycles. The normalized spacial score (nSPS) is 12.5. The first kappa shape index (κ1) is 38.7. The Bertz CT molecular complexity index is 1570. The zero-order valence-electron chi connectivity index (χ0n) is 28.4. The lowest BCUT2D eigenvalue weighted by molar-refractivity contribution is -0.153. The summed E-state index contributed by atoms with van der Waals surface area (Å²) in [5.74, 6) is -1.04. The molecule has 0 heterocycles. The highest BCUT2D eigenvalue weighted by molar-refractivity contribution is 7.87. The van der Waals surface area contributed by atoms with Crippen LogP contribution in [0.3, 0.4) is 0 Å². The molecule has 0 saturated carbocycles. The molecule has 15 heteroatoms. The Morgan fingerprint density at radius 1 is 0.766 bits per heavy atom. The van der Waals surface area contributed by atoms with Crippen molar-refractivity contribution < 1.29 is 46.5 Å². The lowest BCUT2D eigenvalue weighted by Gasteiger charge is -2.27. The van der Waals surface area contributed by atoms with E-state index in [-0.39, 0.29) is 11.3 Å². The van der Waals surface area contributed by atoms with Crippen LogP contribution < -0.4 is 14.8 Å². The van der Waals surface area contributed by atoms with E-state index in [2.05, 4.69) is 15.0 Å². The van der Waals surface area contributed by atoms with Crippen LogP contribution in [-0.2, 0) is 35.8 Å². The average molecular weight is 677 g/mol. The minimum Gasteiger partial charge on any atom is -0.459 e. The van der Waals surface area contributed by atoms with Gasteiger partial charge in [-0.15, -0.1) is 0 Å². The standard InChI is InChI=1S/C32H44N4O10S/c1-21(35-28(39)45-31(5,6)7)34-24-15-13-23(14-16-24)27(38)43-25-17-11-22(12-18-25)20-36(29(40)46-32(8,9)10)47(41,42)33-19-26(37)44-30(2,3)4/h11-18,33H,19-20H2,1-10H3,(H,34,35,39). The van der Waals surface area contributed by atoms with Gasteiger partial charge in [0.2, 0.25) is 0 Å². The zero-order valence-corrected chi connectivity index (χ0v) is 29.2. The van der Waals surface area contributed by atoms with Gasteiger partial charge in [-0.2, -0.15) is 17.4 Å². The molecule has 0 aliphatic heterocycles. The van der Waals surface area contributed by atoms with Crippen LogP contribution in [0, 0.1) is 0 Å². The molecule has 2 aromatic carbocycles. The Kier molecular flexibility index (Phi) is 12.7. The van der Waals surface area contributed by atoms with Gasteiger partial charge in [0, 0.05) is 0 Å². The van der Waals surface area contributed by atoms with Crippen molar-refractivity contribution in [2.75, 3.05) is 6.54 Å². The van der Waals surface area contributed by atoms with E-state index >= 15 is 0 Å².